The van der Waals surface area contributed by atoms with E-state index in [2.05, 4.69) is 62.4 Å². The third-order valence-corrected chi connectivity index (χ3v) is 2.54. The van der Waals surface area contributed by atoms with E-state index in [-0.39, 0.29) is 25.8 Å². The van der Waals surface area contributed by atoms with Crippen LogP contribution in [0.1, 0.15) is 58.6 Å². The Morgan fingerprint density at radius 1 is 0.654 bits per heavy atom. The zero-order valence-corrected chi connectivity index (χ0v) is 21.4. The average molecular weight is 531 g/mol. The second-order valence-corrected chi connectivity index (χ2v) is 6.26. The van der Waals surface area contributed by atoms with E-state index in [1.807, 2.05) is 0 Å². The fraction of sp³-hybridized carbons (Fsp3) is 0.545. The van der Waals surface area contributed by atoms with Gasteiger partial charge in [-0.1, -0.05) is 39.5 Å². The van der Waals surface area contributed by atoms with Crippen LogP contribution in [0.15, 0.2) is 48.5 Å². The van der Waals surface area contributed by atoms with Gasteiger partial charge in [-0.25, -0.2) is 24.3 Å². The number of rotatable bonds is 4. The molecule has 26 heavy (non-hydrogen) atoms. The zero-order chi connectivity index (χ0) is 20.1. The van der Waals surface area contributed by atoms with Crippen LogP contribution in [0.4, 0.5) is 0 Å². The van der Waals surface area contributed by atoms with Gasteiger partial charge in [0.05, 0.1) is 5.60 Å². The third kappa shape index (κ3) is 31.2. The Labute approximate surface area is 180 Å². The molecular weight excluding hydrogens is 491 g/mol. The van der Waals surface area contributed by atoms with Crippen LogP contribution < -0.4 is 0 Å². The summed E-state index contributed by atoms with van der Waals surface area (Å²) in [5.41, 5.74) is 2.43. The first-order chi connectivity index (χ1) is 11.9. The van der Waals surface area contributed by atoms with E-state index in [1.165, 1.54) is 36.8 Å². The molecule has 0 amide bonds. The van der Waals surface area contributed by atoms with Gasteiger partial charge in [0.15, 0.2) is 0 Å². The molecule has 0 saturated heterocycles. The molecule has 0 radical (unpaired) electrons. The molecular formula is C22H40HfO3-2. The Morgan fingerprint density at radius 2 is 0.846 bits per heavy atom. The van der Waals surface area contributed by atoms with Crippen molar-refractivity contribution in [2.24, 2.45) is 0 Å². The topological polar surface area (TPSA) is 60.7 Å². The van der Waals surface area contributed by atoms with Crippen molar-refractivity contribution in [2.45, 2.75) is 65.9 Å². The smallest absolute Gasteiger partial charge is 0.0563 e. The van der Waals surface area contributed by atoms with Crippen LogP contribution in [0.2, 0.25) is 0 Å². The van der Waals surface area contributed by atoms with Crippen LogP contribution in [0.25, 0.3) is 0 Å². The monoisotopic (exact) mass is 532 g/mol. The minimum atomic E-state index is -0.500. The maximum absolute atomic E-state index is 8.52. The minimum Gasteiger partial charge on any atom is -0.400 e. The van der Waals surface area contributed by atoms with Gasteiger partial charge in [-0.3, -0.25) is 0 Å². The predicted molar refractivity (Wildman–Crippen MR) is 110 cm³/mol. The maximum atomic E-state index is 8.52. The summed E-state index contributed by atoms with van der Waals surface area (Å²) in [5, 5.41) is 22.5. The van der Waals surface area contributed by atoms with Crippen molar-refractivity contribution >= 4 is 0 Å². The van der Waals surface area contributed by atoms with Crippen molar-refractivity contribution in [2.75, 3.05) is 14.2 Å². The number of aliphatic hydroxyl groups is 3. The second-order valence-electron chi connectivity index (χ2n) is 6.26. The quantitative estimate of drug-likeness (QED) is 0.396. The molecule has 3 nitrogen and oxygen atoms in total. The number of aliphatic hydroxyl groups excluding tert-OH is 2. The second kappa shape index (κ2) is 24.5. The molecule has 0 unspecified atom stereocenters. The summed E-state index contributed by atoms with van der Waals surface area (Å²) in [7, 11) is 2.00. The van der Waals surface area contributed by atoms with Gasteiger partial charge in [-0.15, -0.1) is 0 Å². The Balaban J connectivity index is -0.000000128. The predicted octanol–water partition coefficient (Wildman–Crippen LogP) is 4.71. The molecule has 0 spiro atoms. The molecule has 4 heteroatoms. The maximum Gasteiger partial charge on any atom is 0.0563 e. The molecule has 0 aromatic heterocycles. The molecule has 152 valence electrons. The normalized spacial score (nSPS) is 8.69. The fourth-order valence-corrected chi connectivity index (χ4v) is 1.74. The molecule has 0 aliphatic rings. The van der Waals surface area contributed by atoms with Gasteiger partial charge in [0.1, 0.15) is 0 Å². The first-order valence-electron chi connectivity index (χ1n) is 8.89. The first kappa shape index (κ1) is 33.1. The Hall–Kier alpha value is -0.550. The molecule has 0 saturated carbocycles. The molecule has 0 atom stereocenters. The van der Waals surface area contributed by atoms with Crippen molar-refractivity contribution in [1.82, 2.24) is 0 Å². The fourth-order valence-electron chi connectivity index (χ4n) is 1.74. The Bertz CT molecular complexity index is 372. The summed E-state index contributed by atoms with van der Waals surface area (Å²) < 4.78 is 0. The van der Waals surface area contributed by atoms with E-state index in [4.69, 9.17) is 15.3 Å². The molecule has 2 aromatic rings. The molecule has 2 rings (SSSR count). The third-order valence-electron chi connectivity index (χ3n) is 2.54. The molecule has 3 N–H and O–H groups in total. The molecule has 0 fully saturated rings. The Morgan fingerprint density at radius 3 is 1.00 bits per heavy atom. The van der Waals surface area contributed by atoms with E-state index in [0.29, 0.717) is 0 Å². The van der Waals surface area contributed by atoms with Crippen molar-refractivity contribution in [1.29, 1.82) is 0 Å². The summed E-state index contributed by atoms with van der Waals surface area (Å²) in [4.78, 5) is 0. The van der Waals surface area contributed by atoms with Gasteiger partial charge in [0, 0.05) is 40.1 Å². The van der Waals surface area contributed by atoms with Gasteiger partial charge >= 0.3 is 0 Å². The average Bonchev–Trinajstić information content (AvgIpc) is 3.25. The van der Waals surface area contributed by atoms with Crippen molar-refractivity contribution < 1.29 is 41.2 Å². The van der Waals surface area contributed by atoms with Crippen LogP contribution in [-0.4, -0.2) is 35.1 Å². The Kier molecular flexibility index (Phi) is 31.1. The van der Waals surface area contributed by atoms with E-state index >= 15 is 0 Å². The number of hydrogen-bond acceptors (Lipinski definition) is 3. The van der Waals surface area contributed by atoms with Gasteiger partial charge in [0.25, 0.3) is 0 Å². The summed E-state index contributed by atoms with van der Waals surface area (Å²) in [6.07, 6.45) is 4.97. The van der Waals surface area contributed by atoms with Crippen LogP contribution in [0, 0.1) is 0 Å². The minimum absolute atomic E-state index is 0. The van der Waals surface area contributed by atoms with Gasteiger partial charge in [-0.05, 0) is 20.8 Å². The molecule has 0 aliphatic heterocycles. The standard InChI is InChI=1S/2C8H11.C4H10O.2CH4O.Hf/c2*1-2-5-8-6-3-4-7-8;1-4(2,3)5;2*1-2;/h2*3-4,6-7H,2,5H2,1H3;5H,1-3H3;2*2H,1H3;/q2*-1;;;;. The largest absolute Gasteiger partial charge is 0.400 e. The van der Waals surface area contributed by atoms with Gasteiger partial charge in [-0.2, -0.15) is 35.4 Å². The molecule has 0 bridgehead atoms. The van der Waals surface area contributed by atoms with Gasteiger partial charge in [0.2, 0.25) is 0 Å². The zero-order valence-electron chi connectivity index (χ0n) is 17.8. The van der Waals surface area contributed by atoms with E-state index < -0.39 is 5.60 Å². The molecule has 0 heterocycles. The SMILES string of the molecule is CC(C)(C)O.CCC[c-]1cccc1.CCC[c-]1cccc1.CO.CO.[Hf]. The summed E-state index contributed by atoms with van der Waals surface area (Å²) in [5.74, 6) is 0. The van der Waals surface area contributed by atoms with E-state index in [0.717, 1.165) is 14.2 Å². The van der Waals surface area contributed by atoms with Crippen LogP contribution in [0.5, 0.6) is 0 Å². The van der Waals surface area contributed by atoms with Gasteiger partial charge < -0.3 is 15.3 Å². The van der Waals surface area contributed by atoms with Crippen molar-refractivity contribution in [3.63, 3.8) is 0 Å². The van der Waals surface area contributed by atoms with Crippen LogP contribution in [-0.2, 0) is 38.7 Å². The molecule has 0 aliphatic carbocycles. The summed E-state index contributed by atoms with van der Waals surface area (Å²) in [6.45, 7) is 9.63. The van der Waals surface area contributed by atoms with Crippen molar-refractivity contribution in [3.05, 3.63) is 59.7 Å². The molecule has 2 aromatic carbocycles. The number of hydrogen-bond donors (Lipinski definition) is 3. The first-order valence-corrected chi connectivity index (χ1v) is 8.89. The van der Waals surface area contributed by atoms with E-state index in [1.54, 1.807) is 20.8 Å². The van der Waals surface area contributed by atoms with Crippen LogP contribution >= 0.6 is 0 Å². The summed E-state index contributed by atoms with van der Waals surface area (Å²) >= 11 is 0. The van der Waals surface area contributed by atoms with E-state index in [9.17, 15) is 0 Å². The number of aryl methyl sites for hydroxylation is 2. The van der Waals surface area contributed by atoms with Crippen molar-refractivity contribution in [3.8, 4) is 0 Å². The van der Waals surface area contributed by atoms with Crippen LogP contribution in [0.3, 0.4) is 0 Å². The summed E-state index contributed by atoms with van der Waals surface area (Å²) in [6, 6.07) is 17.0.